The number of amides is 1. The van der Waals surface area contributed by atoms with E-state index in [1.165, 1.54) is 37.0 Å². The van der Waals surface area contributed by atoms with Gasteiger partial charge in [-0.2, -0.15) is 0 Å². The van der Waals surface area contributed by atoms with Gasteiger partial charge in [0.25, 0.3) is 5.91 Å². The monoisotopic (exact) mass is 464 g/mol. The van der Waals surface area contributed by atoms with Gasteiger partial charge in [0.2, 0.25) is 0 Å². The third-order valence-corrected chi connectivity index (χ3v) is 8.02. The smallest absolute Gasteiger partial charge is 0.261 e. The van der Waals surface area contributed by atoms with Crippen LogP contribution in [0.25, 0.3) is 10.2 Å². The predicted octanol–water partition coefficient (Wildman–Crippen LogP) is 4.48. The lowest BCUT2D eigenvalue weighted by molar-refractivity contribution is 0.0937. The van der Waals surface area contributed by atoms with Crippen LogP contribution in [0.2, 0.25) is 0 Å². The summed E-state index contributed by atoms with van der Waals surface area (Å²) in [6.07, 6.45) is 8.97. The van der Waals surface area contributed by atoms with Crippen molar-refractivity contribution < 1.29 is 4.79 Å². The quantitative estimate of drug-likeness (QED) is 0.574. The molecule has 1 N–H and O–H groups in total. The van der Waals surface area contributed by atoms with Gasteiger partial charge in [-0.25, -0.2) is 15.0 Å². The molecule has 0 unspecified atom stereocenters. The van der Waals surface area contributed by atoms with Crippen molar-refractivity contribution in [3.8, 4) is 0 Å². The lowest BCUT2D eigenvalue weighted by atomic mass is 10.1. The Morgan fingerprint density at radius 3 is 2.42 bits per heavy atom. The average molecular weight is 465 g/mol. The molecule has 1 saturated carbocycles. The van der Waals surface area contributed by atoms with Gasteiger partial charge in [-0.15, -0.1) is 11.3 Å². The Hall–Kier alpha value is -2.74. The average Bonchev–Trinajstić information content (AvgIpc) is 2.99. The summed E-state index contributed by atoms with van der Waals surface area (Å²) >= 11 is 1.51. The van der Waals surface area contributed by atoms with Crippen LogP contribution >= 0.6 is 11.3 Å². The lowest BCUT2D eigenvalue weighted by Gasteiger charge is -2.36. The third-order valence-electron chi connectivity index (χ3n) is 6.83. The molecule has 1 aliphatic heterocycles. The minimum Gasteiger partial charge on any atom is -0.353 e. The molecule has 0 spiro atoms. The summed E-state index contributed by atoms with van der Waals surface area (Å²) in [5.41, 5.74) is 1.00. The molecule has 33 heavy (non-hydrogen) atoms. The largest absolute Gasteiger partial charge is 0.353 e. The molecule has 4 heterocycles. The maximum atomic E-state index is 13.2. The van der Waals surface area contributed by atoms with Crippen molar-refractivity contribution in [3.63, 3.8) is 0 Å². The molecule has 1 amide bonds. The summed E-state index contributed by atoms with van der Waals surface area (Å²) in [6.45, 7) is 7.49. The van der Waals surface area contributed by atoms with Gasteiger partial charge in [-0.05, 0) is 44.4 Å². The number of fused-ring (bicyclic) bond motifs is 1. The highest BCUT2D eigenvalue weighted by atomic mass is 32.1. The third kappa shape index (κ3) is 4.67. The van der Waals surface area contributed by atoms with Crippen LogP contribution < -0.4 is 15.1 Å². The standard InChI is InChI=1S/C25H32N6OS/c1-17-21-23(31-15-13-30(14-16-31)20-11-7-8-12-26-20)27-18(2)28-25(21)33-22(17)24(32)29-19-9-5-3-4-6-10-19/h7-8,11-12,19H,3-6,9-10,13-16H2,1-2H3,(H,29,32). The second-order valence-corrected chi connectivity index (χ2v) is 10.2. The summed E-state index contributed by atoms with van der Waals surface area (Å²) in [4.78, 5) is 33.6. The molecule has 8 heteroatoms. The first-order chi connectivity index (χ1) is 16.1. The Kier molecular flexibility index (Phi) is 6.44. The van der Waals surface area contributed by atoms with E-state index in [9.17, 15) is 4.79 Å². The first kappa shape index (κ1) is 22.1. The number of carbonyl (C=O) groups is 1. The number of rotatable bonds is 4. The number of piperazine rings is 1. The highest BCUT2D eigenvalue weighted by Gasteiger charge is 2.26. The summed E-state index contributed by atoms with van der Waals surface area (Å²) in [7, 11) is 0. The van der Waals surface area contributed by atoms with Crippen molar-refractivity contribution in [2.75, 3.05) is 36.0 Å². The molecule has 5 rings (SSSR count). The normalized spacial score (nSPS) is 17.9. The number of thiophene rings is 1. The van der Waals surface area contributed by atoms with E-state index in [1.54, 1.807) is 0 Å². The van der Waals surface area contributed by atoms with Crippen LogP contribution in [0.3, 0.4) is 0 Å². The van der Waals surface area contributed by atoms with Gasteiger partial charge in [-0.3, -0.25) is 4.79 Å². The van der Waals surface area contributed by atoms with Crippen LogP contribution in [0.4, 0.5) is 11.6 Å². The summed E-state index contributed by atoms with van der Waals surface area (Å²) in [6, 6.07) is 6.33. The zero-order valence-corrected chi connectivity index (χ0v) is 20.3. The molecular formula is C25H32N6OS. The zero-order valence-electron chi connectivity index (χ0n) is 19.5. The number of hydrogen-bond donors (Lipinski definition) is 1. The van der Waals surface area contributed by atoms with E-state index in [0.717, 1.165) is 77.1 Å². The number of aromatic nitrogens is 3. The van der Waals surface area contributed by atoms with Crippen molar-refractivity contribution in [1.29, 1.82) is 0 Å². The predicted molar refractivity (Wildman–Crippen MR) is 135 cm³/mol. The van der Waals surface area contributed by atoms with Crippen LogP contribution in [-0.4, -0.2) is 53.1 Å². The number of nitrogens with one attached hydrogen (secondary N) is 1. The van der Waals surface area contributed by atoms with Crippen molar-refractivity contribution in [1.82, 2.24) is 20.3 Å². The Morgan fingerprint density at radius 1 is 1.00 bits per heavy atom. The molecule has 0 atom stereocenters. The second-order valence-electron chi connectivity index (χ2n) is 9.15. The van der Waals surface area contributed by atoms with Gasteiger partial charge in [0, 0.05) is 38.4 Å². The molecule has 0 aromatic carbocycles. The minimum absolute atomic E-state index is 0.0472. The SMILES string of the molecule is Cc1nc(N2CCN(c3ccccn3)CC2)c2c(C)c(C(=O)NC3CCCCCC3)sc2n1. The summed E-state index contributed by atoms with van der Waals surface area (Å²) < 4.78 is 0. The van der Waals surface area contributed by atoms with Gasteiger partial charge in [0.05, 0.1) is 10.3 Å². The van der Waals surface area contributed by atoms with Gasteiger partial charge in [0.15, 0.2) is 0 Å². The highest BCUT2D eigenvalue weighted by molar-refractivity contribution is 7.20. The van der Waals surface area contributed by atoms with E-state index in [2.05, 4.69) is 26.2 Å². The van der Waals surface area contributed by atoms with Crippen molar-refractivity contribution in [2.24, 2.45) is 0 Å². The molecule has 174 valence electrons. The molecule has 0 radical (unpaired) electrons. The maximum Gasteiger partial charge on any atom is 0.261 e. The molecule has 3 aromatic heterocycles. The highest BCUT2D eigenvalue weighted by Crippen LogP contribution is 2.36. The van der Waals surface area contributed by atoms with Gasteiger partial charge >= 0.3 is 0 Å². The second kappa shape index (κ2) is 9.63. The zero-order chi connectivity index (χ0) is 22.8. The molecule has 1 aliphatic carbocycles. The molecular weight excluding hydrogens is 432 g/mol. The summed E-state index contributed by atoms with van der Waals surface area (Å²) in [5, 5.41) is 4.34. The molecule has 1 saturated heterocycles. The Labute approximate surface area is 199 Å². The molecule has 2 aliphatic rings. The van der Waals surface area contributed by atoms with Crippen molar-refractivity contribution in [3.05, 3.63) is 40.7 Å². The first-order valence-electron chi connectivity index (χ1n) is 12.1. The van der Waals surface area contributed by atoms with E-state index >= 15 is 0 Å². The molecule has 2 fully saturated rings. The molecule has 7 nitrogen and oxygen atoms in total. The number of nitrogens with zero attached hydrogens (tertiary/aromatic N) is 5. The number of aryl methyl sites for hydroxylation is 2. The van der Waals surface area contributed by atoms with Crippen LogP contribution in [0, 0.1) is 13.8 Å². The van der Waals surface area contributed by atoms with E-state index in [4.69, 9.17) is 9.97 Å². The van der Waals surface area contributed by atoms with Gasteiger partial charge < -0.3 is 15.1 Å². The van der Waals surface area contributed by atoms with E-state index < -0.39 is 0 Å². The van der Waals surface area contributed by atoms with Gasteiger partial charge in [0.1, 0.15) is 22.3 Å². The van der Waals surface area contributed by atoms with Crippen LogP contribution in [0.5, 0.6) is 0 Å². The van der Waals surface area contributed by atoms with Crippen LogP contribution in [-0.2, 0) is 0 Å². The van der Waals surface area contributed by atoms with E-state index in [-0.39, 0.29) is 11.9 Å². The Bertz CT molecular complexity index is 1110. The Morgan fingerprint density at radius 2 is 1.73 bits per heavy atom. The lowest BCUT2D eigenvalue weighted by Crippen LogP contribution is -2.47. The molecule has 0 bridgehead atoms. The first-order valence-corrected chi connectivity index (χ1v) is 12.9. The van der Waals surface area contributed by atoms with Crippen LogP contribution in [0.1, 0.15) is 59.6 Å². The number of pyridine rings is 1. The fourth-order valence-electron chi connectivity index (χ4n) is 5.03. The minimum atomic E-state index is 0.0472. The number of carbonyl (C=O) groups excluding carboxylic acids is 1. The topological polar surface area (TPSA) is 74.2 Å². The fourth-order valence-corrected chi connectivity index (χ4v) is 6.15. The van der Waals surface area contributed by atoms with E-state index in [0.29, 0.717) is 0 Å². The molecule has 3 aromatic rings. The number of anilines is 2. The maximum absolute atomic E-state index is 13.2. The van der Waals surface area contributed by atoms with Crippen LogP contribution in [0.15, 0.2) is 24.4 Å². The van der Waals surface area contributed by atoms with E-state index in [1.807, 2.05) is 32.2 Å². The van der Waals surface area contributed by atoms with Crippen molar-refractivity contribution in [2.45, 2.75) is 58.4 Å². The fraction of sp³-hybridized carbons (Fsp3) is 0.520. The van der Waals surface area contributed by atoms with Gasteiger partial charge in [-0.1, -0.05) is 31.7 Å². The summed E-state index contributed by atoms with van der Waals surface area (Å²) in [5.74, 6) is 2.78. The Balaban J connectivity index is 1.38. The number of hydrogen-bond acceptors (Lipinski definition) is 7. The van der Waals surface area contributed by atoms with Crippen molar-refractivity contribution >= 4 is 39.1 Å².